The van der Waals surface area contributed by atoms with E-state index in [4.69, 9.17) is 5.73 Å². The van der Waals surface area contributed by atoms with Crippen LogP contribution in [0, 0.1) is 5.41 Å². The molecule has 0 saturated carbocycles. The van der Waals surface area contributed by atoms with E-state index < -0.39 is 0 Å². The van der Waals surface area contributed by atoms with Gasteiger partial charge in [0.15, 0.2) is 0 Å². The average Bonchev–Trinajstić information content (AvgIpc) is 2.38. The predicted octanol–water partition coefficient (Wildman–Crippen LogP) is 3.20. The monoisotopic (exact) mass is 246 g/mol. The first kappa shape index (κ1) is 13.6. The van der Waals surface area contributed by atoms with Crippen LogP contribution in [-0.4, -0.2) is 24.5 Å². The van der Waals surface area contributed by atoms with E-state index in [0.717, 1.165) is 13.0 Å². The Balaban J connectivity index is 2.07. The van der Waals surface area contributed by atoms with Crippen LogP contribution in [0.1, 0.15) is 44.7 Å². The van der Waals surface area contributed by atoms with Gasteiger partial charge in [0.1, 0.15) is 0 Å². The van der Waals surface area contributed by atoms with Gasteiger partial charge in [0, 0.05) is 6.04 Å². The van der Waals surface area contributed by atoms with Crippen LogP contribution in [0.3, 0.4) is 0 Å². The van der Waals surface area contributed by atoms with Crippen molar-refractivity contribution in [1.82, 2.24) is 4.90 Å². The number of nitrogens with zero attached hydrogens (tertiary/aromatic N) is 1. The number of hydrogen-bond acceptors (Lipinski definition) is 2. The van der Waals surface area contributed by atoms with Gasteiger partial charge in [0.05, 0.1) is 0 Å². The van der Waals surface area contributed by atoms with Crippen LogP contribution in [0.4, 0.5) is 0 Å². The third-order valence-electron chi connectivity index (χ3n) is 4.22. The molecular weight excluding hydrogens is 220 g/mol. The summed E-state index contributed by atoms with van der Waals surface area (Å²) >= 11 is 0. The van der Waals surface area contributed by atoms with E-state index in [9.17, 15) is 0 Å². The minimum absolute atomic E-state index is 0.507. The van der Waals surface area contributed by atoms with Crippen molar-refractivity contribution in [1.29, 1.82) is 0 Å². The molecule has 2 heteroatoms. The largest absolute Gasteiger partial charge is 0.330 e. The molecule has 0 aromatic heterocycles. The summed E-state index contributed by atoms with van der Waals surface area (Å²) in [6.45, 7) is 7.92. The summed E-state index contributed by atoms with van der Waals surface area (Å²) in [6, 6.07) is 11.3. The Morgan fingerprint density at radius 3 is 2.33 bits per heavy atom. The topological polar surface area (TPSA) is 29.3 Å². The summed E-state index contributed by atoms with van der Waals surface area (Å²) in [5.41, 5.74) is 7.73. The number of rotatable bonds is 4. The highest BCUT2D eigenvalue weighted by Gasteiger charge is 2.29. The van der Waals surface area contributed by atoms with E-state index in [1.165, 1.54) is 31.5 Å². The molecule has 2 rings (SSSR count). The van der Waals surface area contributed by atoms with E-state index in [1.54, 1.807) is 0 Å². The molecule has 0 spiro atoms. The number of hydrogen-bond donors (Lipinski definition) is 1. The molecule has 2 nitrogen and oxygen atoms in total. The number of piperidine rings is 1. The first-order chi connectivity index (χ1) is 8.62. The van der Waals surface area contributed by atoms with Crippen molar-refractivity contribution < 1.29 is 0 Å². The Morgan fingerprint density at radius 2 is 1.78 bits per heavy atom. The second kappa shape index (κ2) is 5.85. The molecule has 0 amide bonds. The van der Waals surface area contributed by atoms with Crippen LogP contribution in [0.25, 0.3) is 0 Å². The van der Waals surface area contributed by atoms with Gasteiger partial charge in [-0.15, -0.1) is 0 Å². The average molecular weight is 246 g/mol. The van der Waals surface area contributed by atoms with Gasteiger partial charge in [0.2, 0.25) is 0 Å². The van der Waals surface area contributed by atoms with Crippen LogP contribution in [0.15, 0.2) is 30.3 Å². The van der Waals surface area contributed by atoms with Gasteiger partial charge in [-0.25, -0.2) is 0 Å². The zero-order valence-electron chi connectivity index (χ0n) is 11.7. The van der Waals surface area contributed by atoms with Crippen molar-refractivity contribution in [3.63, 3.8) is 0 Å². The lowest BCUT2D eigenvalue weighted by Crippen LogP contribution is -2.40. The molecule has 1 heterocycles. The van der Waals surface area contributed by atoms with E-state index in [-0.39, 0.29) is 0 Å². The van der Waals surface area contributed by atoms with Gasteiger partial charge in [0.25, 0.3) is 0 Å². The lowest BCUT2D eigenvalue weighted by atomic mass is 9.81. The van der Waals surface area contributed by atoms with Gasteiger partial charge >= 0.3 is 0 Å². The summed E-state index contributed by atoms with van der Waals surface area (Å²) in [5, 5.41) is 0. The molecule has 1 aromatic rings. The van der Waals surface area contributed by atoms with Crippen molar-refractivity contribution in [2.45, 2.75) is 39.2 Å². The molecule has 1 fully saturated rings. The number of benzene rings is 1. The molecule has 1 aliphatic heterocycles. The molecule has 1 saturated heterocycles. The fourth-order valence-electron chi connectivity index (χ4n) is 2.83. The van der Waals surface area contributed by atoms with Crippen molar-refractivity contribution in [2.75, 3.05) is 19.6 Å². The minimum atomic E-state index is 0.507. The highest BCUT2D eigenvalue weighted by molar-refractivity contribution is 5.19. The molecular formula is C16H26N2. The third kappa shape index (κ3) is 3.33. The first-order valence-corrected chi connectivity index (χ1v) is 7.11. The van der Waals surface area contributed by atoms with Crippen molar-refractivity contribution in [3.05, 3.63) is 35.9 Å². The summed E-state index contributed by atoms with van der Waals surface area (Å²) in [6.07, 6.45) is 3.65. The van der Waals surface area contributed by atoms with E-state index in [1.807, 2.05) is 0 Å². The Kier molecular flexibility index (Phi) is 4.41. The molecule has 1 unspecified atom stereocenters. The SMILES string of the molecule is CC1(C)CCN(C(CCN)c2ccccc2)CC1. The van der Waals surface area contributed by atoms with Crippen molar-refractivity contribution >= 4 is 0 Å². The van der Waals surface area contributed by atoms with Gasteiger partial charge in [-0.1, -0.05) is 44.2 Å². The lowest BCUT2D eigenvalue weighted by Gasteiger charge is -2.41. The Labute approximate surface area is 111 Å². The second-order valence-electron chi connectivity index (χ2n) is 6.20. The summed E-state index contributed by atoms with van der Waals surface area (Å²) in [5.74, 6) is 0. The van der Waals surface area contributed by atoms with Crippen LogP contribution in [-0.2, 0) is 0 Å². The van der Waals surface area contributed by atoms with E-state index in [0.29, 0.717) is 11.5 Å². The van der Waals surface area contributed by atoms with Crippen LogP contribution < -0.4 is 5.73 Å². The van der Waals surface area contributed by atoms with E-state index >= 15 is 0 Å². The molecule has 18 heavy (non-hydrogen) atoms. The Bertz CT molecular complexity index is 349. The van der Waals surface area contributed by atoms with Gasteiger partial charge < -0.3 is 5.73 Å². The lowest BCUT2D eigenvalue weighted by molar-refractivity contribution is 0.0904. The highest BCUT2D eigenvalue weighted by Crippen LogP contribution is 2.34. The third-order valence-corrected chi connectivity index (χ3v) is 4.22. The Hall–Kier alpha value is -0.860. The first-order valence-electron chi connectivity index (χ1n) is 7.11. The molecule has 0 bridgehead atoms. The van der Waals surface area contributed by atoms with Crippen molar-refractivity contribution in [2.24, 2.45) is 11.1 Å². The zero-order valence-corrected chi connectivity index (χ0v) is 11.7. The van der Waals surface area contributed by atoms with Crippen LogP contribution in [0.5, 0.6) is 0 Å². The maximum atomic E-state index is 5.80. The maximum absolute atomic E-state index is 5.80. The van der Waals surface area contributed by atoms with Crippen molar-refractivity contribution in [3.8, 4) is 0 Å². The molecule has 1 aromatic carbocycles. The second-order valence-corrected chi connectivity index (χ2v) is 6.20. The van der Waals surface area contributed by atoms with Gasteiger partial charge in [-0.2, -0.15) is 0 Å². The summed E-state index contributed by atoms with van der Waals surface area (Å²) in [7, 11) is 0. The fourth-order valence-corrected chi connectivity index (χ4v) is 2.83. The zero-order chi connectivity index (χ0) is 13.0. The van der Waals surface area contributed by atoms with Gasteiger partial charge in [-0.05, 0) is 49.9 Å². The molecule has 2 N–H and O–H groups in total. The summed E-state index contributed by atoms with van der Waals surface area (Å²) in [4.78, 5) is 2.62. The molecule has 100 valence electrons. The molecule has 1 aliphatic rings. The number of likely N-dealkylation sites (tertiary alicyclic amines) is 1. The molecule has 0 aliphatic carbocycles. The maximum Gasteiger partial charge on any atom is 0.0360 e. The Morgan fingerprint density at radius 1 is 1.17 bits per heavy atom. The summed E-state index contributed by atoms with van der Waals surface area (Å²) < 4.78 is 0. The number of nitrogens with two attached hydrogens (primary N) is 1. The standard InChI is InChI=1S/C16H26N2/c1-16(2)9-12-18(13-10-16)15(8-11-17)14-6-4-3-5-7-14/h3-7,15H,8-13,17H2,1-2H3. The highest BCUT2D eigenvalue weighted by atomic mass is 15.2. The van der Waals surface area contributed by atoms with E-state index in [2.05, 4.69) is 49.1 Å². The van der Waals surface area contributed by atoms with Crippen LogP contribution >= 0.6 is 0 Å². The minimum Gasteiger partial charge on any atom is -0.330 e. The van der Waals surface area contributed by atoms with Gasteiger partial charge in [-0.3, -0.25) is 4.90 Å². The normalized spacial score (nSPS) is 21.7. The van der Waals surface area contributed by atoms with Crippen LogP contribution in [0.2, 0.25) is 0 Å². The predicted molar refractivity (Wildman–Crippen MR) is 77.4 cm³/mol. The fraction of sp³-hybridized carbons (Fsp3) is 0.625. The molecule has 0 radical (unpaired) electrons. The molecule has 1 atom stereocenters. The smallest absolute Gasteiger partial charge is 0.0360 e. The quantitative estimate of drug-likeness (QED) is 0.884.